The molecular weight excluding hydrogens is 227 g/mol. The van der Waals surface area contributed by atoms with E-state index in [9.17, 15) is 9.18 Å². The third-order valence-corrected chi connectivity index (χ3v) is 2.68. The highest BCUT2D eigenvalue weighted by atomic mass is 32.2. The van der Waals surface area contributed by atoms with Crippen LogP contribution >= 0.6 is 11.8 Å². The number of anilines is 1. The van der Waals surface area contributed by atoms with Gasteiger partial charge < -0.3 is 5.32 Å². The van der Waals surface area contributed by atoms with Gasteiger partial charge in [0, 0.05) is 17.9 Å². The predicted molar refractivity (Wildman–Crippen MR) is 62.6 cm³/mol. The molecule has 0 fully saturated rings. The fraction of sp³-hybridized carbons (Fsp3) is 0.273. The van der Waals surface area contributed by atoms with Crippen molar-refractivity contribution in [2.45, 2.75) is 6.42 Å². The molecule has 0 saturated carbocycles. The summed E-state index contributed by atoms with van der Waals surface area (Å²) in [4.78, 5) is 11.4. The van der Waals surface area contributed by atoms with Gasteiger partial charge in [0.15, 0.2) is 0 Å². The Morgan fingerprint density at radius 2 is 2.12 bits per heavy atom. The summed E-state index contributed by atoms with van der Waals surface area (Å²) in [6.45, 7) is 0. The van der Waals surface area contributed by atoms with Crippen molar-refractivity contribution in [2.24, 2.45) is 0 Å². The minimum absolute atomic E-state index is 0.144. The lowest BCUT2D eigenvalue weighted by Crippen LogP contribution is -2.14. The average Bonchev–Trinajstić information content (AvgIpc) is 2.28. The van der Waals surface area contributed by atoms with E-state index in [1.807, 2.05) is 6.07 Å². The largest absolute Gasteiger partial charge is 0.325 e. The maximum absolute atomic E-state index is 12.6. The molecule has 3 nitrogen and oxygen atoms in total. The molecule has 16 heavy (non-hydrogen) atoms. The minimum Gasteiger partial charge on any atom is -0.325 e. The molecule has 5 heteroatoms. The summed E-state index contributed by atoms with van der Waals surface area (Å²) in [5, 5.41) is 10.9. The molecule has 0 bridgehead atoms. The number of thioether (sulfide) groups is 1. The highest BCUT2D eigenvalue weighted by Crippen LogP contribution is 2.09. The molecule has 0 saturated heterocycles. The van der Waals surface area contributed by atoms with Crippen LogP contribution in [0, 0.1) is 17.1 Å². The lowest BCUT2D eigenvalue weighted by Gasteiger charge is -2.03. The Kier molecular flexibility index (Phi) is 5.37. The van der Waals surface area contributed by atoms with Crippen LogP contribution in [0.1, 0.15) is 6.42 Å². The number of carbonyl (C=O) groups is 1. The van der Waals surface area contributed by atoms with Crippen molar-refractivity contribution >= 4 is 23.4 Å². The summed E-state index contributed by atoms with van der Waals surface area (Å²) in [5.74, 6) is 0.475. The molecule has 0 unspecified atom stereocenters. The van der Waals surface area contributed by atoms with Crippen LogP contribution in [0.15, 0.2) is 24.3 Å². The zero-order chi connectivity index (χ0) is 11.8. The van der Waals surface area contributed by atoms with Gasteiger partial charge in [-0.15, -0.1) is 0 Å². The predicted octanol–water partition coefficient (Wildman–Crippen LogP) is 2.41. The Morgan fingerprint density at radius 1 is 1.44 bits per heavy atom. The zero-order valence-electron chi connectivity index (χ0n) is 8.57. The van der Waals surface area contributed by atoms with E-state index in [2.05, 4.69) is 5.32 Å². The van der Waals surface area contributed by atoms with Gasteiger partial charge in [-0.05, 0) is 24.3 Å². The first-order valence-corrected chi connectivity index (χ1v) is 5.88. The fourth-order valence-electron chi connectivity index (χ4n) is 1.01. The number of halogens is 1. The van der Waals surface area contributed by atoms with Gasteiger partial charge in [0.05, 0.1) is 11.8 Å². The summed E-state index contributed by atoms with van der Waals surface area (Å²) < 4.78 is 12.6. The SMILES string of the molecule is N#CCCSCC(=O)Nc1ccc(F)cc1. The van der Waals surface area contributed by atoms with Crippen LogP contribution in [0.25, 0.3) is 0 Å². The Labute approximate surface area is 97.6 Å². The van der Waals surface area contributed by atoms with E-state index in [4.69, 9.17) is 5.26 Å². The molecule has 0 aliphatic rings. The van der Waals surface area contributed by atoms with E-state index in [1.165, 1.54) is 36.0 Å². The molecule has 0 heterocycles. The summed E-state index contributed by atoms with van der Waals surface area (Å²) in [6, 6.07) is 7.60. The second-order valence-corrected chi connectivity index (χ2v) is 4.12. The van der Waals surface area contributed by atoms with Crippen LogP contribution in [0.4, 0.5) is 10.1 Å². The molecule has 84 valence electrons. The topological polar surface area (TPSA) is 52.9 Å². The van der Waals surface area contributed by atoms with Gasteiger partial charge in [0.2, 0.25) is 5.91 Å². The number of rotatable bonds is 5. The van der Waals surface area contributed by atoms with Crippen molar-refractivity contribution in [2.75, 3.05) is 16.8 Å². The van der Waals surface area contributed by atoms with Gasteiger partial charge in [0.1, 0.15) is 5.82 Å². The monoisotopic (exact) mass is 238 g/mol. The van der Waals surface area contributed by atoms with Gasteiger partial charge in [-0.2, -0.15) is 17.0 Å². The van der Waals surface area contributed by atoms with Gasteiger partial charge >= 0.3 is 0 Å². The summed E-state index contributed by atoms with van der Waals surface area (Å²) in [6.07, 6.45) is 0.439. The summed E-state index contributed by atoms with van der Waals surface area (Å²) in [5.41, 5.74) is 0.576. The van der Waals surface area contributed by atoms with Crippen LogP contribution in [0.3, 0.4) is 0 Å². The van der Waals surface area contributed by atoms with Crippen molar-refractivity contribution in [3.05, 3.63) is 30.1 Å². The highest BCUT2D eigenvalue weighted by Gasteiger charge is 2.02. The maximum atomic E-state index is 12.6. The smallest absolute Gasteiger partial charge is 0.234 e. The molecule has 1 aromatic rings. The number of hydrogen-bond donors (Lipinski definition) is 1. The Hall–Kier alpha value is -1.54. The second-order valence-electron chi connectivity index (χ2n) is 3.02. The fourth-order valence-corrected chi connectivity index (χ4v) is 1.65. The zero-order valence-corrected chi connectivity index (χ0v) is 9.39. The van der Waals surface area contributed by atoms with Crippen LogP contribution in [0.5, 0.6) is 0 Å². The molecule has 0 aliphatic carbocycles. The van der Waals surface area contributed by atoms with E-state index in [0.717, 1.165) is 0 Å². The van der Waals surface area contributed by atoms with Gasteiger partial charge in [-0.1, -0.05) is 0 Å². The Morgan fingerprint density at radius 3 is 2.75 bits per heavy atom. The van der Waals surface area contributed by atoms with Gasteiger partial charge in [-0.25, -0.2) is 4.39 Å². The third-order valence-electron chi connectivity index (χ3n) is 1.72. The van der Waals surface area contributed by atoms with Crippen molar-refractivity contribution < 1.29 is 9.18 Å². The minimum atomic E-state index is -0.332. The van der Waals surface area contributed by atoms with Gasteiger partial charge in [0.25, 0.3) is 0 Å². The molecule has 1 amide bonds. The van der Waals surface area contributed by atoms with Crippen LogP contribution in [0.2, 0.25) is 0 Å². The highest BCUT2D eigenvalue weighted by molar-refractivity contribution is 7.99. The first-order chi connectivity index (χ1) is 7.72. The molecule has 1 aromatic carbocycles. The van der Waals surface area contributed by atoms with E-state index in [0.29, 0.717) is 23.6 Å². The molecule has 0 radical (unpaired) electrons. The molecule has 0 atom stereocenters. The number of benzene rings is 1. The van der Waals surface area contributed by atoms with Crippen LogP contribution < -0.4 is 5.32 Å². The Bertz CT molecular complexity index is 386. The molecule has 1 N–H and O–H groups in total. The molecule has 1 rings (SSSR count). The number of hydrogen-bond acceptors (Lipinski definition) is 3. The van der Waals surface area contributed by atoms with Crippen molar-refractivity contribution in [1.29, 1.82) is 5.26 Å². The first kappa shape index (κ1) is 12.5. The van der Waals surface area contributed by atoms with E-state index in [-0.39, 0.29) is 11.7 Å². The van der Waals surface area contributed by atoms with Crippen molar-refractivity contribution in [3.63, 3.8) is 0 Å². The number of carbonyl (C=O) groups excluding carboxylic acids is 1. The number of nitriles is 1. The Balaban J connectivity index is 2.29. The maximum Gasteiger partial charge on any atom is 0.234 e. The number of nitrogens with zero attached hydrogens (tertiary/aromatic N) is 1. The molecular formula is C11H11FN2OS. The van der Waals surface area contributed by atoms with E-state index < -0.39 is 0 Å². The average molecular weight is 238 g/mol. The quantitative estimate of drug-likeness (QED) is 0.801. The van der Waals surface area contributed by atoms with E-state index in [1.54, 1.807) is 0 Å². The second kappa shape index (κ2) is 6.85. The standard InChI is InChI=1S/C11H11FN2OS/c12-9-2-4-10(5-3-9)14-11(15)8-16-7-1-6-13/h2-5H,1,7-8H2,(H,14,15). The summed E-state index contributed by atoms with van der Waals surface area (Å²) >= 11 is 1.40. The van der Waals surface area contributed by atoms with E-state index >= 15 is 0 Å². The number of amides is 1. The first-order valence-electron chi connectivity index (χ1n) is 4.72. The molecule has 0 aliphatic heterocycles. The summed E-state index contributed by atoms with van der Waals surface area (Å²) in [7, 11) is 0. The van der Waals surface area contributed by atoms with Crippen molar-refractivity contribution in [3.8, 4) is 6.07 Å². The number of nitrogens with one attached hydrogen (secondary N) is 1. The van der Waals surface area contributed by atoms with Crippen LogP contribution in [-0.4, -0.2) is 17.4 Å². The van der Waals surface area contributed by atoms with Crippen molar-refractivity contribution in [1.82, 2.24) is 0 Å². The van der Waals surface area contributed by atoms with Crippen LogP contribution in [-0.2, 0) is 4.79 Å². The lowest BCUT2D eigenvalue weighted by molar-refractivity contribution is -0.113. The normalized spacial score (nSPS) is 9.50. The lowest BCUT2D eigenvalue weighted by atomic mass is 10.3. The third kappa shape index (κ3) is 4.80. The molecule has 0 aromatic heterocycles. The van der Waals surface area contributed by atoms with Gasteiger partial charge in [-0.3, -0.25) is 4.79 Å². The molecule has 0 spiro atoms.